The average Bonchev–Trinajstić information content (AvgIpc) is 2.95. The molecule has 1 aliphatic heterocycles. The van der Waals surface area contributed by atoms with Crippen molar-refractivity contribution in [1.82, 2.24) is 19.9 Å². The Hall–Kier alpha value is -2.17. The Morgan fingerprint density at radius 2 is 2.14 bits per heavy atom. The number of benzene rings is 1. The third kappa shape index (κ3) is 3.72. The van der Waals surface area contributed by atoms with E-state index in [4.69, 9.17) is 0 Å². The van der Waals surface area contributed by atoms with Gasteiger partial charge in [-0.15, -0.1) is 5.10 Å². The van der Waals surface area contributed by atoms with E-state index in [2.05, 4.69) is 22.4 Å². The summed E-state index contributed by atoms with van der Waals surface area (Å²) in [7, 11) is 0. The van der Waals surface area contributed by atoms with E-state index in [1.165, 1.54) is 5.56 Å². The van der Waals surface area contributed by atoms with Crippen molar-refractivity contribution in [3.63, 3.8) is 0 Å². The summed E-state index contributed by atoms with van der Waals surface area (Å²) in [4.78, 5) is 13.4. The third-order valence-corrected chi connectivity index (χ3v) is 4.22. The van der Waals surface area contributed by atoms with E-state index in [0.29, 0.717) is 5.92 Å². The van der Waals surface area contributed by atoms with Crippen LogP contribution in [0.3, 0.4) is 0 Å². The summed E-state index contributed by atoms with van der Waals surface area (Å²) < 4.78 is 1.92. The minimum atomic E-state index is 0.174. The van der Waals surface area contributed by atoms with E-state index in [1.54, 1.807) is 6.92 Å². The van der Waals surface area contributed by atoms with Gasteiger partial charge in [-0.3, -0.25) is 9.48 Å². The molecule has 1 saturated heterocycles. The molecule has 1 aromatic heterocycles. The molecule has 0 N–H and O–H groups in total. The lowest BCUT2D eigenvalue weighted by atomic mass is 9.98. The van der Waals surface area contributed by atoms with E-state index < -0.39 is 0 Å². The van der Waals surface area contributed by atoms with Crippen LogP contribution in [0.4, 0.5) is 0 Å². The van der Waals surface area contributed by atoms with Gasteiger partial charge >= 0.3 is 0 Å². The van der Waals surface area contributed by atoms with Gasteiger partial charge < -0.3 is 4.90 Å². The van der Waals surface area contributed by atoms with Gasteiger partial charge in [-0.1, -0.05) is 35.5 Å². The molecule has 0 aliphatic carbocycles. The molecule has 116 valence electrons. The van der Waals surface area contributed by atoms with Gasteiger partial charge in [0.05, 0.1) is 5.69 Å². The maximum atomic E-state index is 11.5. The Balaban J connectivity index is 1.58. The minimum absolute atomic E-state index is 0.174. The number of carbonyl (C=O) groups is 1. The van der Waals surface area contributed by atoms with E-state index in [-0.39, 0.29) is 5.91 Å². The zero-order chi connectivity index (χ0) is 15.4. The van der Waals surface area contributed by atoms with E-state index >= 15 is 0 Å². The molecule has 0 unspecified atom stereocenters. The lowest BCUT2D eigenvalue weighted by Crippen LogP contribution is -2.39. The second kappa shape index (κ2) is 6.73. The molecule has 1 fully saturated rings. The summed E-state index contributed by atoms with van der Waals surface area (Å²) in [5.41, 5.74) is 2.24. The number of nitrogens with zero attached hydrogens (tertiary/aromatic N) is 4. The summed E-state index contributed by atoms with van der Waals surface area (Å²) in [6.07, 6.45) is 5.07. The van der Waals surface area contributed by atoms with Crippen molar-refractivity contribution < 1.29 is 4.79 Å². The Bertz CT molecular complexity index is 623. The number of aromatic nitrogens is 3. The lowest BCUT2D eigenvalue weighted by Gasteiger charge is -2.31. The van der Waals surface area contributed by atoms with Crippen LogP contribution < -0.4 is 0 Å². The zero-order valence-corrected chi connectivity index (χ0v) is 13.0. The molecule has 0 saturated carbocycles. The Morgan fingerprint density at radius 3 is 2.91 bits per heavy atom. The van der Waals surface area contributed by atoms with Crippen LogP contribution in [0.15, 0.2) is 36.5 Å². The predicted molar refractivity (Wildman–Crippen MR) is 84.2 cm³/mol. The van der Waals surface area contributed by atoms with Gasteiger partial charge in [0.15, 0.2) is 0 Å². The Morgan fingerprint density at radius 1 is 1.32 bits per heavy atom. The van der Waals surface area contributed by atoms with Gasteiger partial charge in [-0.25, -0.2) is 0 Å². The molecular formula is C17H22N4O. The third-order valence-electron chi connectivity index (χ3n) is 4.22. The first-order valence-corrected chi connectivity index (χ1v) is 7.89. The molecule has 5 heteroatoms. The summed E-state index contributed by atoms with van der Waals surface area (Å²) in [6.45, 7) is 4.22. The molecule has 5 nitrogen and oxygen atoms in total. The minimum Gasteiger partial charge on any atom is -0.343 e. The van der Waals surface area contributed by atoms with E-state index in [1.807, 2.05) is 34.0 Å². The fourth-order valence-corrected chi connectivity index (χ4v) is 3.08. The molecular weight excluding hydrogens is 276 g/mol. The van der Waals surface area contributed by atoms with Crippen molar-refractivity contribution in [3.05, 3.63) is 47.8 Å². The first-order chi connectivity index (χ1) is 10.7. The second-order valence-corrected chi connectivity index (χ2v) is 6.07. The molecule has 2 heterocycles. The Labute approximate surface area is 130 Å². The summed E-state index contributed by atoms with van der Waals surface area (Å²) in [5, 5.41) is 8.50. The smallest absolute Gasteiger partial charge is 0.219 e. The summed E-state index contributed by atoms with van der Waals surface area (Å²) in [6, 6.07) is 10.3. The monoisotopic (exact) mass is 298 g/mol. The topological polar surface area (TPSA) is 51.0 Å². The maximum absolute atomic E-state index is 11.5. The highest BCUT2D eigenvalue weighted by atomic mass is 16.2. The van der Waals surface area contributed by atoms with Crippen molar-refractivity contribution >= 4 is 5.91 Å². The van der Waals surface area contributed by atoms with Gasteiger partial charge in [0, 0.05) is 39.2 Å². The van der Waals surface area contributed by atoms with E-state index in [0.717, 1.165) is 44.6 Å². The number of amides is 1. The van der Waals surface area contributed by atoms with Crippen LogP contribution in [0.1, 0.15) is 31.0 Å². The van der Waals surface area contributed by atoms with Crippen molar-refractivity contribution in [1.29, 1.82) is 0 Å². The van der Waals surface area contributed by atoms with Crippen LogP contribution in [0.5, 0.6) is 0 Å². The van der Waals surface area contributed by atoms with E-state index in [9.17, 15) is 4.79 Å². The number of carbonyl (C=O) groups excluding carboxylic acids is 1. The second-order valence-electron chi connectivity index (χ2n) is 6.07. The fraction of sp³-hybridized carbons (Fsp3) is 0.471. The zero-order valence-electron chi connectivity index (χ0n) is 13.0. The highest BCUT2D eigenvalue weighted by Gasteiger charge is 2.22. The van der Waals surface area contributed by atoms with Crippen molar-refractivity contribution in [2.24, 2.45) is 5.92 Å². The molecule has 1 amide bonds. The van der Waals surface area contributed by atoms with Crippen LogP contribution in [-0.4, -0.2) is 38.9 Å². The number of likely N-dealkylation sites (tertiary alicyclic amines) is 1. The first kappa shape index (κ1) is 14.8. The molecule has 2 aromatic rings. The van der Waals surface area contributed by atoms with Gasteiger partial charge in [0.25, 0.3) is 0 Å². The summed E-state index contributed by atoms with van der Waals surface area (Å²) in [5.74, 6) is 0.650. The normalized spacial score (nSPS) is 18.4. The van der Waals surface area contributed by atoms with Crippen molar-refractivity contribution in [3.8, 4) is 0 Å². The van der Waals surface area contributed by atoms with Crippen LogP contribution >= 0.6 is 0 Å². The van der Waals surface area contributed by atoms with Crippen molar-refractivity contribution in [2.45, 2.75) is 32.7 Å². The van der Waals surface area contributed by atoms with Gasteiger partial charge in [0.1, 0.15) is 0 Å². The maximum Gasteiger partial charge on any atom is 0.219 e. The van der Waals surface area contributed by atoms with Crippen LogP contribution in [0.2, 0.25) is 0 Å². The van der Waals surface area contributed by atoms with Crippen molar-refractivity contribution in [2.75, 3.05) is 13.1 Å². The van der Waals surface area contributed by atoms with Crippen LogP contribution in [-0.2, 0) is 17.8 Å². The first-order valence-electron chi connectivity index (χ1n) is 7.89. The fourth-order valence-electron chi connectivity index (χ4n) is 3.08. The van der Waals surface area contributed by atoms with Gasteiger partial charge in [-0.05, 0) is 24.3 Å². The largest absolute Gasteiger partial charge is 0.343 e. The van der Waals surface area contributed by atoms with Crippen LogP contribution in [0.25, 0.3) is 0 Å². The Kier molecular flexibility index (Phi) is 4.51. The number of rotatable bonds is 4. The molecule has 1 aliphatic rings. The molecule has 0 radical (unpaired) electrons. The molecule has 1 atom stereocenters. The molecule has 22 heavy (non-hydrogen) atoms. The SMILES string of the molecule is CC(=O)N1CCC[C@@H](Cn2cc(Cc3ccccc3)nn2)C1. The summed E-state index contributed by atoms with van der Waals surface area (Å²) >= 11 is 0. The standard InChI is InChI=1S/C17H22N4O/c1-14(22)20-9-5-8-16(11-20)12-21-13-17(18-19-21)10-15-6-3-2-4-7-15/h2-4,6-7,13,16H,5,8-12H2,1H3/t16-/m1/s1. The molecule has 3 rings (SSSR count). The lowest BCUT2D eigenvalue weighted by molar-refractivity contribution is -0.130. The highest BCUT2D eigenvalue weighted by molar-refractivity contribution is 5.73. The van der Waals surface area contributed by atoms with Gasteiger partial charge in [-0.2, -0.15) is 0 Å². The van der Waals surface area contributed by atoms with Gasteiger partial charge in [0.2, 0.25) is 5.91 Å². The van der Waals surface area contributed by atoms with Crippen LogP contribution in [0, 0.1) is 5.92 Å². The molecule has 1 aromatic carbocycles. The molecule has 0 bridgehead atoms. The highest BCUT2D eigenvalue weighted by Crippen LogP contribution is 2.18. The quantitative estimate of drug-likeness (QED) is 0.869. The number of hydrogen-bond donors (Lipinski definition) is 0. The number of hydrogen-bond acceptors (Lipinski definition) is 3. The predicted octanol–water partition coefficient (Wildman–Crippen LogP) is 2.13. The average molecular weight is 298 g/mol. The number of piperidine rings is 1. The molecule has 0 spiro atoms.